The van der Waals surface area contributed by atoms with Gasteiger partial charge in [-0.2, -0.15) is 0 Å². The molecule has 0 aliphatic heterocycles. The number of nitrogens with one attached hydrogen (secondary N) is 1. The monoisotopic (exact) mass is 329 g/mol. The number of benzene rings is 1. The quantitative estimate of drug-likeness (QED) is 0.887. The first-order valence-corrected chi connectivity index (χ1v) is 7.60. The summed E-state index contributed by atoms with van der Waals surface area (Å²) >= 11 is 13.4. The Morgan fingerprint density at radius 1 is 1.40 bits per heavy atom. The molecule has 1 heterocycles. The number of hydrogen-bond acceptors (Lipinski definition) is 3. The first kappa shape index (κ1) is 15.2. The van der Waals surface area contributed by atoms with E-state index in [-0.39, 0.29) is 18.6 Å². The molecule has 1 N–H and O–H groups in total. The summed E-state index contributed by atoms with van der Waals surface area (Å²) in [5.74, 6) is 0.194. The molecule has 0 saturated heterocycles. The second kappa shape index (κ2) is 6.97. The topological polar surface area (TPSA) is 38.3 Å². The van der Waals surface area contributed by atoms with Crippen LogP contribution in [0.15, 0.2) is 35.7 Å². The third-order valence-electron chi connectivity index (χ3n) is 2.60. The van der Waals surface area contributed by atoms with Gasteiger partial charge in [0.2, 0.25) is 0 Å². The molecule has 20 heavy (non-hydrogen) atoms. The van der Waals surface area contributed by atoms with Crippen molar-refractivity contribution in [1.29, 1.82) is 0 Å². The van der Waals surface area contributed by atoms with Gasteiger partial charge in [0.25, 0.3) is 5.91 Å². The van der Waals surface area contributed by atoms with Crippen LogP contribution in [0, 0.1) is 0 Å². The predicted octanol–water partition coefficient (Wildman–Crippen LogP) is 4.31. The van der Waals surface area contributed by atoms with Gasteiger partial charge in [-0.3, -0.25) is 4.79 Å². The Hall–Kier alpha value is -1.23. The maximum Gasteiger partial charge on any atom is 0.258 e. The molecule has 0 fully saturated rings. The highest BCUT2D eigenvalue weighted by Crippen LogP contribution is 2.27. The molecule has 0 spiro atoms. The molecule has 0 bridgehead atoms. The normalized spacial score (nSPS) is 11.9. The van der Waals surface area contributed by atoms with E-state index in [0.29, 0.717) is 15.8 Å². The summed E-state index contributed by atoms with van der Waals surface area (Å²) in [5, 5.41) is 5.76. The molecule has 2 rings (SSSR count). The van der Waals surface area contributed by atoms with Crippen LogP contribution in [0.3, 0.4) is 0 Å². The van der Waals surface area contributed by atoms with Crippen molar-refractivity contribution in [3.05, 3.63) is 50.6 Å². The highest BCUT2D eigenvalue weighted by Gasteiger charge is 2.11. The molecular formula is C14H13Cl2NO2S. The Kier molecular flexibility index (Phi) is 5.29. The average molecular weight is 330 g/mol. The van der Waals surface area contributed by atoms with Crippen molar-refractivity contribution in [3.63, 3.8) is 0 Å². The molecule has 0 aliphatic rings. The van der Waals surface area contributed by atoms with Crippen molar-refractivity contribution in [2.45, 2.75) is 13.0 Å². The average Bonchev–Trinajstić information content (AvgIpc) is 2.94. The Morgan fingerprint density at radius 3 is 2.90 bits per heavy atom. The molecule has 1 aromatic heterocycles. The van der Waals surface area contributed by atoms with E-state index in [0.717, 1.165) is 4.88 Å². The molecule has 1 atom stereocenters. The fourth-order valence-corrected chi connectivity index (χ4v) is 2.69. The number of carbonyl (C=O) groups is 1. The highest BCUT2D eigenvalue weighted by atomic mass is 35.5. The van der Waals surface area contributed by atoms with Crippen molar-refractivity contribution in [2.75, 3.05) is 6.61 Å². The van der Waals surface area contributed by atoms with E-state index >= 15 is 0 Å². The fourth-order valence-electron chi connectivity index (χ4n) is 1.62. The molecular weight excluding hydrogens is 317 g/mol. The summed E-state index contributed by atoms with van der Waals surface area (Å²) in [5.41, 5.74) is 0. The summed E-state index contributed by atoms with van der Waals surface area (Å²) in [7, 11) is 0. The minimum absolute atomic E-state index is 0.0408. The zero-order valence-corrected chi connectivity index (χ0v) is 13.1. The Morgan fingerprint density at radius 2 is 2.20 bits per heavy atom. The second-order valence-electron chi connectivity index (χ2n) is 4.17. The number of carbonyl (C=O) groups excluding carboxylic acids is 1. The lowest BCUT2D eigenvalue weighted by Gasteiger charge is -2.13. The third kappa shape index (κ3) is 4.13. The molecule has 3 nitrogen and oxygen atoms in total. The molecule has 2 aromatic rings. The summed E-state index contributed by atoms with van der Waals surface area (Å²) in [6.07, 6.45) is 0. The minimum Gasteiger partial charge on any atom is -0.482 e. The number of rotatable bonds is 5. The molecule has 0 radical (unpaired) electrons. The fraction of sp³-hybridized carbons (Fsp3) is 0.214. The van der Waals surface area contributed by atoms with E-state index in [4.69, 9.17) is 27.9 Å². The first-order chi connectivity index (χ1) is 9.56. The van der Waals surface area contributed by atoms with Crippen LogP contribution < -0.4 is 10.1 Å². The van der Waals surface area contributed by atoms with Gasteiger partial charge in [0.1, 0.15) is 5.75 Å². The van der Waals surface area contributed by atoms with Crippen molar-refractivity contribution in [3.8, 4) is 5.75 Å². The zero-order valence-electron chi connectivity index (χ0n) is 10.7. The highest BCUT2D eigenvalue weighted by molar-refractivity contribution is 7.10. The number of ether oxygens (including phenoxy) is 1. The summed E-state index contributed by atoms with van der Waals surface area (Å²) < 4.78 is 5.37. The van der Waals surface area contributed by atoms with Gasteiger partial charge in [-0.1, -0.05) is 29.3 Å². The van der Waals surface area contributed by atoms with Crippen LogP contribution in [-0.2, 0) is 4.79 Å². The van der Waals surface area contributed by atoms with Crippen molar-refractivity contribution in [2.24, 2.45) is 0 Å². The first-order valence-electron chi connectivity index (χ1n) is 5.97. The summed E-state index contributed by atoms with van der Waals surface area (Å²) in [4.78, 5) is 12.9. The molecule has 0 aliphatic carbocycles. The van der Waals surface area contributed by atoms with E-state index < -0.39 is 0 Å². The van der Waals surface area contributed by atoms with E-state index in [1.54, 1.807) is 29.5 Å². The summed E-state index contributed by atoms with van der Waals surface area (Å²) in [6, 6.07) is 8.76. The smallest absolute Gasteiger partial charge is 0.258 e. The molecule has 106 valence electrons. The van der Waals surface area contributed by atoms with Crippen LogP contribution >= 0.6 is 34.5 Å². The number of halogens is 2. The third-order valence-corrected chi connectivity index (χ3v) is 4.20. The second-order valence-corrected chi connectivity index (χ2v) is 5.99. The summed E-state index contributed by atoms with van der Waals surface area (Å²) in [6.45, 7) is 1.83. The van der Waals surface area contributed by atoms with Crippen molar-refractivity contribution < 1.29 is 9.53 Å². The molecule has 0 saturated carbocycles. The lowest BCUT2D eigenvalue weighted by atomic mass is 10.3. The number of thiophene rings is 1. The van der Waals surface area contributed by atoms with Gasteiger partial charge in [-0.25, -0.2) is 0 Å². The largest absolute Gasteiger partial charge is 0.482 e. The van der Waals surface area contributed by atoms with E-state index in [9.17, 15) is 4.79 Å². The molecule has 6 heteroatoms. The lowest BCUT2D eigenvalue weighted by Crippen LogP contribution is -2.30. The maximum absolute atomic E-state index is 11.8. The van der Waals surface area contributed by atoms with E-state index in [1.165, 1.54) is 0 Å². The minimum atomic E-state index is -0.207. The van der Waals surface area contributed by atoms with Gasteiger partial charge in [0.05, 0.1) is 11.1 Å². The van der Waals surface area contributed by atoms with Crippen molar-refractivity contribution >= 4 is 40.4 Å². The van der Waals surface area contributed by atoms with Gasteiger partial charge >= 0.3 is 0 Å². The molecule has 0 unspecified atom stereocenters. The van der Waals surface area contributed by atoms with Crippen LogP contribution in [0.5, 0.6) is 5.75 Å². The van der Waals surface area contributed by atoms with Crippen LogP contribution in [0.2, 0.25) is 10.0 Å². The van der Waals surface area contributed by atoms with E-state index in [2.05, 4.69) is 5.32 Å². The standard InChI is InChI=1S/C14H13Cl2NO2S/c1-9(13-3-2-6-20-13)17-14(18)8-19-12-7-10(15)4-5-11(12)16/h2-7,9H,8H2,1H3,(H,17,18)/t9-/m1/s1. The van der Waals surface area contributed by atoms with Gasteiger partial charge in [-0.15, -0.1) is 11.3 Å². The number of amides is 1. The Bertz CT molecular complexity index is 587. The zero-order chi connectivity index (χ0) is 14.5. The van der Waals surface area contributed by atoms with Crippen LogP contribution in [0.4, 0.5) is 0 Å². The Labute approximate surface area is 131 Å². The van der Waals surface area contributed by atoms with Gasteiger partial charge in [0, 0.05) is 16.0 Å². The molecule has 1 amide bonds. The Balaban J connectivity index is 1.87. The maximum atomic E-state index is 11.8. The van der Waals surface area contributed by atoms with Crippen molar-refractivity contribution in [1.82, 2.24) is 5.32 Å². The van der Waals surface area contributed by atoms with E-state index in [1.807, 2.05) is 24.4 Å². The molecule has 1 aromatic carbocycles. The van der Waals surface area contributed by atoms with Gasteiger partial charge in [0.15, 0.2) is 6.61 Å². The van der Waals surface area contributed by atoms with Crippen LogP contribution in [-0.4, -0.2) is 12.5 Å². The van der Waals surface area contributed by atoms with Gasteiger partial charge < -0.3 is 10.1 Å². The van der Waals surface area contributed by atoms with Gasteiger partial charge in [-0.05, 0) is 30.5 Å². The SMILES string of the molecule is C[C@@H](NC(=O)COc1cc(Cl)ccc1Cl)c1cccs1. The number of hydrogen-bond donors (Lipinski definition) is 1. The van der Waals surface area contributed by atoms with Crippen LogP contribution in [0.1, 0.15) is 17.8 Å². The lowest BCUT2D eigenvalue weighted by molar-refractivity contribution is -0.123. The van der Waals surface area contributed by atoms with Crippen LogP contribution in [0.25, 0.3) is 0 Å². The predicted molar refractivity (Wildman–Crippen MR) is 82.8 cm³/mol.